The topological polar surface area (TPSA) is 212 Å². The first kappa shape index (κ1) is 90.2. The van der Waals surface area contributed by atoms with Crippen LogP contribution in [0.25, 0.3) is 0 Å². The number of benzene rings is 4. The second-order valence-corrected chi connectivity index (χ2v) is 29.9. The maximum absolute atomic E-state index is 10.5. The van der Waals surface area contributed by atoms with Crippen molar-refractivity contribution in [3.8, 4) is 23.0 Å². The van der Waals surface area contributed by atoms with Crippen molar-refractivity contribution in [2.75, 3.05) is 132 Å². The normalized spacial score (nSPS) is 12.5. The van der Waals surface area contributed by atoms with Gasteiger partial charge in [0.1, 0.15) is 23.0 Å². The molecule has 16 heteroatoms. The molecule has 0 saturated carbocycles. The van der Waals surface area contributed by atoms with E-state index in [1.54, 1.807) is 0 Å². The van der Waals surface area contributed by atoms with Gasteiger partial charge in [0.25, 0.3) is 0 Å². The van der Waals surface area contributed by atoms with Gasteiger partial charge in [-0.2, -0.15) is 0 Å². The molecule has 0 spiro atoms. The molecule has 0 unspecified atom stereocenters. The molecule has 0 fully saturated rings. The Bertz CT molecular complexity index is 2330. The highest BCUT2D eigenvalue weighted by Crippen LogP contribution is 2.42. The molecule has 1 aliphatic carbocycles. The Kier molecular flexibility index (Phi) is 50.0. The lowest BCUT2D eigenvalue weighted by atomic mass is 9.88. The summed E-state index contributed by atoms with van der Waals surface area (Å²) in [4.78, 5) is 8.45. The fourth-order valence-electron chi connectivity index (χ4n) is 15.2. The number of hydrogen-bond donors (Lipinski definition) is 8. The third-order valence-corrected chi connectivity index (χ3v) is 20.7. The summed E-state index contributed by atoms with van der Waals surface area (Å²) in [6.07, 6.45) is 38.9. The molecule has 5 rings (SSSR count). The van der Waals surface area contributed by atoms with Gasteiger partial charge in [0.2, 0.25) is 0 Å². The Morgan fingerprint density at radius 2 is 0.365 bits per heavy atom. The predicted octanol–water partition coefficient (Wildman–Crippen LogP) is 15.6. The van der Waals surface area contributed by atoms with Gasteiger partial charge in [-0.15, -0.1) is 0 Å². The second kappa shape index (κ2) is 57.7. The van der Waals surface area contributed by atoms with Crippen molar-refractivity contribution in [2.24, 2.45) is 0 Å². The Balaban J connectivity index is 1.96. The molecule has 0 heterocycles. The molecule has 0 aromatic heterocycles. The number of ether oxygens (including phenoxy) is 4. The van der Waals surface area contributed by atoms with E-state index in [1.165, 1.54) is 128 Å². The highest BCUT2D eigenvalue weighted by Gasteiger charge is 2.27. The van der Waals surface area contributed by atoms with Crippen LogP contribution in [0.5, 0.6) is 23.0 Å². The first-order valence-corrected chi connectivity index (χ1v) is 42.0. The van der Waals surface area contributed by atoms with Crippen LogP contribution in [0, 0.1) is 0 Å². The van der Waals surface area contributed by atoms with Crippen molar-refractivity contribution in [3.05, 3.63) is 115 Å². The molecule has 4 aromatic carbocycles. The van der Waals surface area contributed by atoms with Gasteiger partial charge >= 0.3 is 0 Å². The smallest absolute Gasteiger partial charge is 0.126 e. The van der Waals surface area contributed by atoms with E-state index in [4.69, 9.17) is 18.9 Å². The van der Waals surface area contributed by atoms with Crippen molar-refractivity contribution in [2.45, 2.75) is 285 Å². The lowest BCUT2D eigenvalue weighted by molar-refractivity contribution is 0.155. The van der Waals surface area contributed by atoms with Crippen LogP contribution < -0.4 is 18.9 Å². The predicted molar refractivity (Wildman–Crippen MR) is 427 cm³/mol. The zero-order valence-corrected chi connectivity index (χ0v) is 66.0. The average Bonchev–Trinajstić information content (AvgIpc) is 0.773. The molecule has 1 aliphatic rings. The third-order valence-electron chi connectivity index (χ3n) is 20.7. The minimum atomic E-state index is -0.0595. The Hall–Kier alpha value is -4.40. The zero-order valence-electron chi connectivity index (χ0n) is 66.0. The number of rotatable bonds is 64. The number of aliphatic hydroxyl groups excluding tert-OH is 8. The molecule has 0 radical (unpaired) electrons. The fraction of sp³-hybridized carbons (Fsp3) is 0.727. The van der Waals surface area contributed by atoms with Crippen LogP contribution in [0.4, 0.5) is 0 Å². The molecule has 0 amide bonds. The van der Waals surface area contributed by atoms with Crippen LogP contribution in [0.3, 0.4) is 0 Å². The van der Waals surface area contributed by atoms with Crippen LogP contribution >= 0.6 is 0 Å². The summed E-state index contributed by atoms with van der Waals surface area (Å²) in [6, 6.07) is 18.3. The summed E-state index contributed by atoms with van der Waals surface area (Å²) < 4.78 is 29.7. The Morgan fingerprint density at radius 1 is 0.221 bits per heavy atom. The van der Waals surface area contributed by atoms with Gasteiger partial charge in [-0.1, -0.05) is 256 Å². The first-order valence-electron chi connectivity index (χ1n) is 42.0. The molecule has 8 bridgehead atoms. The maximum Gasteiger partial charge on any atom is 0.126 e. The van der Waals surface area contributed by atoms with E-state index in [2.05, 4.69) is 95.8 Å². The Morgan fingerprint density at radius 3 is 0.510 bits per heavy atom. The van der Waals surface area contributed by atoms with E-state index in [0.717, 1.165) is 167 Å². The van der Waals surface area contributed by atoms with Gasteiger partial charge in [0.15, 0.2) is 0 Å². The third kappa shape index (κ3) is 35.8. The van der Waals surface area contributed by atoms with Gasteiger partial charge in [0, 0.05) is 104 Å². The van der Waals surface area contributed by atoms with Crippen LogP contribution in [0.2, 0.25) is 0 Å². The van der Waals surface area contributed by atoms with Gasteiger partial charge in [-0.05, 0) is 92.4 Å². The second-order valence-electron chi connectivity index (χ2n) is 29.9. The lowest BCUT2D eigenvalue weighted by Gasteiger charge is -2.27. The standard InChI is InChI=1S/C88H148N4O12/c1-5-9-13-17-21-25-29-33-53-101-85-77-57-73(69-89(37-45-93)38-46-94)58-78(85)66-80-60-75(71-91(41-49-97)42-50-98)62-82(87(80)103-55-35-31-27-23-19-15-11-7-3)68-84-64-76(72-92(43-51-99)44-52-100)63-83(88(84)104-56-36-32-28-24-20-16-12-8-4)67-81-61-74(70-90(39-47-95)40-48-96)59-79(65-77)86(81)102-54-34-30-26-22-18-14-10-6-2/h57-64,93-100H,5-56,65-72H2,1-4H3. The molecule has 4 aromatic rings. The summed E-state index contributed by atoms with van der Waals surface area (Å²) in [5.41, 5.74) is 12.1. The minimum Gasteiger partial charge on any atom is -0.493 e. The molecular formula is C88H148N4O12. The van der Waals surface area contributed by atoms with Crippen LogP contribution in [-0.2, 0) is 51.9 Å². The van der Waals surface area contributed by atoms with Crippen LogP contribution in [0.1, 0.15) is 300 Å². The monoisotopic (exact) mass is 1450 g/mol. The van der Waals surface area contributed by atoms with Gasteiger partial charge in [0.05, 0.1) is 79.3 Å². The van der Waals surface area contributed by atoms with Crippen LogP contribution in [-0.4, -0.2) is 192 Å². The highest BCUT2D eigenvalue weighted by molar-refractivity contribution is 5.59. The highest BCUT2D eigenvalue weighted by atomic mass is 16.5. The SMILES string of the molecule is CCCCCCCCCCOc1c2cc(CN(CCO)CCO)cc1Cc1cc(CN(CCO)CCO)cc(c1OCCCCCCCCCC)Cc1cc(CN(CCO)CCO)cc(c1OCCCCCCCCCC)Cc1cc(CN(CCO)CCO)cc(c1OCCCCCCCCCC)C2. The molecule has 8 N–H and O–H groups in total. The molecule has 0 atom stereocenters. The number of fused-ring (bicyclic) bond motifs is 8. The first-order chi connectivity index (χ1) is 51.1. The van der Waals surface area contributed by atoms with E-state index in [-0.39, 0.29) is 52.9 Å². The largest absolute Gasteiger partial charge is 0.493 e. The lowest BCUT2D eigenvalue weighted by Crippen LogP contribution is -2.29. The summed E-state index contributed by atoms with van der Waals surface area (Å²) in [7, 11) is 0. The van der Waals surface area contributed by atoms with Crippen molar-refractivity contribution in [3.63, 3.8) is 0 Å². The number of aliphatic hydroxyl groups is 8. The summed E-state index contributed by atoms with van der Waals surface area (Å²) >= 11 is 0. The van der Waals surface area contributed by atoms with E-state index >= 15 is 0 Å². The van der Waals surface area contributed by atoms with E-state index in [1.807, 2.05) is 0 Å². The van der Waals surface area contributed by atoms with Gasteiger partial charge in [-0.25, -0.2) is 0 Å². The fourth-order valence-corrected chi connectivity index (χ4v) is 15.2. The van der Waals surface area contributed by atoms with Crippen molar-refractivity contribution < 1.29 is 59.8 Å². The average molecular weight is 1450 g/mol. The summed E-state index contributed by atoms with van der Waals surface area (Å²) in [5, 5.41) is 84.2. The molecule has 0 saturated heterocycles. The number of unbranched alkanes of at least 4 members (excludes halogenated alkanes) is 28. The van der Waals surface area contributed by atoms with E-state index in [9.17, 15) is 40.9 Å². The van der Waals surface area contributed by atoms with Gasteiger partial charge in [-0.3, -0.25) is 19.6 Å². The molecule has 104 heavy (non-hydrogen) atoms. The molecule has 16 nitrogen and oxygen atoms in total. The molecular weight excluding hydrogens is 1300 g/mol. The van der Waals surface area contributed by atoms with Gasteiger partial charge < -0.3 is 59.8 Å². The maximum atomic E-state index is 10.5. The minimum absolute atomic E-state index is 0.0595. The van der Waals surface area contributed by atoms with Crippen molar-refractivity contribution >= 4 is 0 Å². The number of hydrogen-bond acceptors (Lipinski definition) is 16. The van der Waals surface area contributed by atoms with Crippen LogP contribution in [0.15, 0.2) is 48.5 Å². The summed E-state index contributed by atoms with van der Waals surface area (Å²) in [6.45, 7) is 15.7. The van der Waals surface area contributed by atoms with E-state index < -0.39 is 0 Å². The zero-order chi connectivity index (χ0) is 74.5. The van der Waals surface area contributed by atoms with Crippen molar-refractivity contribution in [1.29, 1.82) is 0 Å². The van der Waals surface area contributed by atoms with Crippen molar-refractivity contribution in [1.82, 2.24) is 19.6 Å². The van der Waals surface area contributed by atoms with E-state index in [0.29, 0.717) is 131 Å². The molecule has 592 valence electrons. The molecule has 0 aliphatic heterocycles. The number of nitrogens with zero attached hydrogens (tertiary/aromatic N) is 4. The summed E-state index contributed by atoms with van der Waals surface area (Å²) in [5.74, 6) is 3.31. The quantitative estimate of drug-likeness (QED) is 0.0170. The Labute approximate surface area is 631 Å².